The van der Waals surface area contributed by atoms with Gasteiger partial charge >= 0.3 is 0 Å². The highest BCUT2D eigenvalue weighted by Gasteiger charge is 2.06. The number of phenols is 1. The van der Waals surface area contributed by atoms with E-state index in [4.69, 9.17) is 10.00 Å². The van der Waals surface area contributed by atoms with Gasteiger partial charge in [0.2, 0.25) is 0 Å². The van der Waals surface area contributed by atoms with Gasteiger partial charge in [0, 0.05) is 0 Å². The lowest BCUT2D eigenvalue weighted by atomic mass is 10.1. The van der Waals surface area contributed by atoms with Gasteiger partial charge in [0.15, 0.2) is 11.5 Å². The predicted octanol–water partition coefficient (Wildman–Crippen LogP) is 3.60. The summed E-state index contributed by atoms with van der Waals surface area (Å²) in [5, 5.41) is 20.6. The minimum atomic E-state index is 0.0630. The number of rotatable bonds is 2. The van der Waals surface area contributed by atoms with Gasteiger partial charge in [0.25, 0.3) is 0 Å². The van der Waals surface area contributed by atoms with Crippen molar-refractivity contribution >= 4 is 10.8 Å². The van der Waals surface area contributed by atoms with E-state index in [2.05, 4.69) is 4.98 Å². The van der Waals surface area contributed by atoms with E-state index in [1.807, 2.05) is 30.3 Å². The number of pyridine rings is 1. The van der Waals surface area contributed by atoms with Crippen molar-refractivity contribution in [3.63, 3.8) is 0 Å². The monoisotopic (exact) mass is 262 g/mol. The van der Waals surface area contributed by atoms with E-state index in [1.54, 1.807) is 24.3 Å². The molecule has 0 aliphatic heterocycles. The van der Waals surface area contributed by atoms with E-state index in [-0.39, 0.29) is 5.75 Å². The molecule has 1 N–H and O–H groups in total. The Labute approximate surface area is 115 Å². The molecule has 1 aromatic heterocycles. The van der Waals surface area contributed by atoms with Crippen molar-refractivity contribution in [2.45, 2.75) is 0 Å². The quantitative estimate of drug-likeness (QED) is 0.766. The molecule has 0 saturated heterocycles. The summed E-state index contributed by atoms with van der Waals surface area (Å²) >= 11 is 0. The lowest BCUT2D eigenvalue weighted by Crippen LogP contribution is -1.88. The summed E-state index contributed by atoms with van der Waals surface area (Å²) in [7, 11) is 0. The molecule has 4 nitrogen and oxygen atoms in total. The zero-order valence-electron chi connectivity index (χ0n) is 10.4. The lowest BCUT2D eigenvalue weighted by Gasteiger charge is -2.08. The van der Waals surface area contributed by atoms with Gasteiger partial charge in [0.1, 0.15) is 17.5 Å². The van der Waals surface area contributed by atoms with E-state index in [9.17, 15) is 5.11 Å². The molecule has 96 valence electrons. The van der Waals surface area contributed by atoms with Crippen LogP contribution in [0, 0.1) is 11.3 Å². The first-order valence-electron chi connectivity index (χ1n) is 6.02. The molecule has 0 bridgehead atoms. The van der Waals surface area contributed by atoms with Crippen LogP contribution in [0.4, 0.5) is 0 Å². The fourth-order valence-corrected chi connectivity index (χ4v) is 1.92. The third-order valence-electron chi connectivity index (χ3n) is 2.91. The Hall–Kier alpha value is -3.06. The number of ether oxygens (including phenoxy) is 1. The summed E-state index contributed by atoms with van der Waals surface area (Å²) in [5.74, 6) is 0.887. The van der Waals surface area contributed by atoms with Gasteiger partial charge in [-0.25, -0.2) is 4.98 Å². The van der Waals surface area contributed by atoms with E-state index in [0.29, 0.717) is 17.2 Å². The molecule has 2 aromatic carbocycles. The van der Waals surface area contributed by atoms with Crippen molar-refractivity contribution in [2.24, 2.45) is 0 Å². The third-order valence-corrected chi connectivity index (χ3v) is 2.91. The molecule has 0 saturated carbocycles. The molecule has 3 rings (SSSR count). The number of phenolic OH excluding ortho intramolecular Hbond substituents is 1. The average Bonchev–Trinajstić information content (AvgIpc) is 2.49. The smallest absolute Gasteiger partial charge is 0.169 e. The number of benzene rings is 2. The molecule has 0 aliphatic rings. The van der Waals surface area contributed by atoms with Crippen molar-refractivity contribution in [3.05, 3.63) is 60.4 Å². The largest absolute Gasteiger partial charge is 0.504 e. The van der Waals surface area contributed by atoms with Crippen LogP contribution in [0.2, 0.25) is 0 Å². The molecule has 0 aliphatic carbocycles. The second-order valence-electron chi connectivity index (χ2n) is 4.26. The van der Waals surface area contributed by atoms with E-state index < -0.39 is 0 Å². The van der Waals surface area contributed by atoms with Crippen LogP contribution in [0.3, 0.4) is 0 Å². The normalized spacial score (nSPS) is 10.2. The highest BCUT2D eigenvalue weighted by molar-refractivity contribution is 5.86. The van der Waals surface area contributed by atoms with Gasteiger partial charge in [0.05, 0.1) is 6.20 Å². The van der Waals surface area contributed by atoms with Crippen LogP contribution in [0.1, 0.15) is 5.69 Å². The number of fused-ring (bicyclic) bond motifs is 1. The van der Waals surface area contributed by atoms with E-state index >= 15 is 0 Å². The molecule has 3 aromatic rings. The highest BCUT2D eigenvalue weighted by Crippen LogP contribution is 2.34. The van der Waals surface area contributed by atoms with Gasteiger partial charge < -0.3 is 9.84 Å². The first-order chi connectivity index (χ1) is 9.76. The van der Waals surface area contributed by atoms with Crippen LogP contribution >= 0.6 is 0 Å². The lowest BCUT2D eigenvalue weighted by molar-refractivity contribution is 0.411. The number of aromatic nitrogens is 1. The molecule has 0 amide bonds. The Morgan fingerprint density at radius 1 is 1.05 bits per heavy atom. The van der Waals surface area contributed by atoms with Crippen LogP contribution in [-0.2, 0) is 0 Å². The van der Waals surface area contributed by atoms with Gasteiger partial charge in [-0.3, -0.25) is 0 Å². The van der Waals surface area contributed by atoms with Gasteiger partial charge in [-0.05, 0) is 35.0 Å². The Kier molecular flexibility index (Phi) is 2.94. The van der Waals surface area contributed by atoms with Gasteiger partial charge in [-0.2, -0.15) is 5.26 Å². The second-order valence-corrected chi connectivity index (χ2v) is 4.26. The predicted molar refractivity (Wildman–Crippen MR) is 74.6 cm³/mol. The molecule has 0 fully saturated rings. The third kappa shape index (κ3) is 2.25. The Morgan fingerprint density at radius 3 is 2.45 bits per heavy atom. The maximum atomic E-state index is 9.97. The maximum absolute atomic E-state index is 9.97. The standard InChI is InChI=1S/C16H10N2O2/c17-9-13-5-6-14(10-18-13)20-16-8-12-4-2-1-3-11(12)7-15(16)19/h1-8,10,19H. The topological polar surface area (TPSA) is 66.1 Å². The van der Waals surface area contributed by atoms with Gasteiger partial charge in [-0.15, -0.1) is 0 Å². The van der Waals surface area contributed by atoms with Crippen molar-refractivity contribution in [2.75, 3.05) is 0 Å². The summed E-state index contributed by atoms with van der Waals surface area (Å²) < 4.78 is 5.59. The van der Waals surface area contributed by atoms with Gasteiger partial charge in [-0.1, -0.05) is 24.3 Å². The fourth-order valence-electron chi connectivity index (χ4n) is 1.92. The second kappa shape index (κ2) is 4.90. The molecule has 20 heavy (non-hydrogen) atoms. The summed E-state index contributed by atoms with van der Waals surface area (Å²) in [6, 6.07) is 16.3. The first kappa shape index (κ1) is 12.0. The van der Waals surface area contributed by atoms with Crippen LogP contribution in [0.15, 0.2) is 54.7 Å². The van der Waals surface area contributed by atoms with Crippen molar-refractivity contribution in [1.29, 1.82) is 5.26 Å². The molecule has 0 atom stereocenters. The van der Waals surface area contributed by atoms with Crippen LogP contribution < -0.4 is 4.74 Å². The molecule has 0 unspecified atom stereocenters. The van der Waals surface area contributed by atoms with Crippen LogP contribution in [0.25, 0.3) is 10.8 Å². The minimum Gasteiger partial charge on any atom is -0.504 e. The Bertz CT molecular complexity index is 805. The maximum Gasteiger partial charge on any atom is 0.169 e. The zero-order valence-corrected chi connectivity index (χ0v) is 10.4. The summed E-state index contributed by atoms with van der Waals surface area (Å²) in [6.45, 7) is 0. The number of aromatic hydroxyl groups is 1. The molecule has 0 spiro atoms. The SMILES string of the molecule is N#Cc1ccc(Oc2cc3ccccc3cc2O)cn1. The van der Waals surface area contributed by atoms with Crippen molar-refractivity contribution in [1.82, 2.24) is 4.98 Å². The average molecular weight is 262 g/mol. The number of hydrogen-bond donors (Lipinski definition) is 1. The van der Waals surface area contributed by atoms with Crippen LogP contribution in [-0.4, -0.2) is 10.1 Å². The summed E-state index contributed by atoms with van der Waals surface area (Å²) in [4.78, 5) is 3.92. The number of nitrogens with zero attached hydrogens (tertiary/aromatic N) is 2. The molecular formula is C16H10N2O2. The number of hydrogen-bond acceptors (Lipinski definition) is 4. The first-order valence-corrected chi connectivity index (χ1v) is 6.02. The molecule has 0 radical (unpaired) electrons. The minimum absolute atomic E-state index is 0.0630. The number of nitriles is 1. The summed E-state index contributed by atoms with van der Waals surface area (Å²) in [6.07, 6.45) is 1.45. The Morgan fingerprint density at radius 2 is 1.80 bits per heavy atom. The van der Waals surface area contributed by atoms with Crippen molar-refractivity contribution < 1.29 is 9.84 Å². The van der Waals surface area contributed by atoms with Crippen LogP contribution in [0.5, 0.6) is 17.2 Å². The van der Waals surface area contributed by atoms with E-state index in [1.165, 1.54) is 6.20 Å². The summed E-state index contributed by atoms with van der Waals surface area (Å²) in [5.41, 5.74) is 0.320. The Balaban J connectivity index is 1.97. The molecule has 1 heterocycles. The highest BCUT2D eigenvalue weighted by atomic mass is 16.5. The van der Waals surface area contributed by atoms with Crippen molar-refractivity contribution in [3.8, 4) is 23.3 Å². The zero-order chi connectivity index (χ0) is 13.9. The molecule has 4 heteroatoms. The molecular weight excluding hydrogens is 252 g/mol. The van der Waals surface area contributed by atoms with E-state index in [0.717, 1.165) is 10.8 Å². The fraction of sp³-hybridized carbons (Fsp3) is 0.